The Morgan fingerprint density at radius 1 is 0.730 bits per heavy atom. The third kappa shape index (κ3) is 9.32. The van der Waals surface area contributed by atoms with E-state index in [4.69, 9.17) is 5.73 Å². The second-order valence-corrected chi connectivity index (χ2v) is 9.34. The van der Waals surface area contributed by atoms with Crippen LogP contribution < -0.4 is 21.7 Å². The number of benzene rings is 2. The van der Waals surface area contributed by atoms with Crippen LogP contribution >= 0.6 is 0 Å². The van der Waals surface area contributed by atoms with Gasteiger partial charge in [0.25, 0.3) is 0 Å². The second-order valence-electron chi connectivity index (χ2n) is 9.34. The van der Waals surface area contributed by atoms with Crippen molar-refractivity contribution in [2.45, 2.75) is 63.9 Å². The number of hydrogen-bond acceptors (Lipinski definition) is 6. The van der Waals surface area contributed by atoms with Crippen LogP contribution in [0.25, 0.3) is 0 Å². The molecule has 0 radical (unpaired) electrons. The van der Waals surface area contributed by atoms with Crippen molar-refractivity contribution in [1.82, 2.24) is 16.0 Å². The quantitative estimate of drug-likeness (QED) is 0.225. The molecular formula is C27H36N4O6. The lowest BCUT2D eigenvalue weighted by molar-refractivity contribution is -0.143. The van der Waals surface area contributed by atoms with Crippen molar-refractivity contribution < 1.29 is 29.4 Å². The Labute approximate surface area is 216 Å². The van der Waals surface area contributed by atoms with Crippen molar-refractivity contribution in [3.63, 3.8) is 0 Å². The third-order valence-corrected chi connectivity index (χ3v) is 5.90. The highest BCUT2D eigenvalue weighted by atomic mass is 16.4. The molecule has 10 nitrogen and oxygen atoms in total. The zero-order valence-corrected chi connectivity index (χ0v) is 21.3. The number of carboxylic acid groups (broad SMARTS) is 1. The van der Waals surface area contributed by atoms with Crippen LogP contribution in [0.5, 0.6) is 0 Å². The number of rotatable bonds is 13. The van der Waals surface area contributed by atoms with E-state index in [1.807, 2.05) is 6.07 Å². The van der Waals surface area contributed by atoms with Gasteiger partial charge in [0.15, 0.2) is 0 Å². The van der Waals surface area contributed by atoms with Crippen molar-refractivity contribution in [1.29, 1.82) is 0 Å². The smallest absolute Gasteiger partial charge is 0.326 e. The fourth-order valence-electron chi connectivity index (χ4n) is 3.60. The van der Waals surface area contributed by atoms with Crippen molar-refractivity contribution in [2.24, 2.45) is 11.7 Å². The van der Waals surface area contributed by atoms with Gasteiger partial charge in [0.1, 0.15) is 18.1 Å². The molecule has 200 valence electrons. The third-order valence-electron chi connectivity index (χ3n) is 5.90. The first-order valence-electron chi connectivity index (χ1n) is 12.1. The Morgan fingerprint density at radius 2 is 1.19 bits per heavy atom. The lowest BCUT2D eigenvalue weighted by Gasteiger charge is -2.27. The Kier molecular flexibility index (Phi) is 11.2. The maximum Gasteiger partial charge on any atom is 0.326 e. The van der Waals surface area contributed by atoms with Crippen LogP contribution in [0.2, 0.25) is 0 Å². The SMILES string of the molecule is CC(C)C(N)C(=O)NC(Cc1ccccc1)C(=O)NC(C(=O)NC(Cc1ccccc1)C(=O)O)C(C)O. The molecule has 0 fully saturated rings. The van der Waals surface area contributed by atoms with Crippen LogP contribution in [-0.4, -0.2) is 64.2 Å². The van der Waals surface area contributed by atoms with Crippen molar-refractivity contribution in [3.05, 3.63) is 71.8 Å². The highest BCUT2D eigenvalue weighted by molar-refractivity contribution is 5.94. The van der Waals surface area contributed by atoms with Gasteiger partial charge in [-0.2, -0.15) is 0 Å². The molecule has 7 N–H and O–H groups in total. The molecule has 0 aromatic heterocycles. The largest absolute Gasteiger partial charge is 0.480 e. The molecule has 0 aliphatic rings. The lowest BCUT2D eigenvalue weighted by Crippen LogP contribution is -2.60. The maximum absolute atomic E-state index is 13.2. The van der Waals surface area contributed by atoms with Crippen LogP contribution in [0, 0.1) is 5.92 Å². The number of hydrogen-bond donors (Lipinski definition) is 6. The zero-order chi connectivity index (χ0) is 27.5. The van der Waals surface area contributed by atoms with Crippen LogP contribution in [0.15, 0.2) is 60.7 Å². The summed E-state index contributed by atoms with van der Waals surface area (Å²) in [5, 5.41) is 27.4. The summed E-state index contributed by atoms with van der Waals surface area (Å²) in [6, 6.07) is 13.0. The fourth-order valence-corrected chi connectivity index (χ4v) is 3.60. The number of amides is 3. The van der Waals surface area contributed by atoms with E-state index in [0.717, 1.165) is 5.56 Å². The van der Waals surface area contributed by atoms with Crippen LogP contribution in [0.3, 0.4) is 0 Å². The molecule has 5 unspecified atom stereocenters. The van der Waals surface area contributed by atoms with Gasteiger partial charge in [-0.3, -0.25) is 14.4 Å². The highest BCUT2D eigenvalue weighted by Crippen LogP contribution is 2.08. The molecular weight excluding hydrogens is 476 g/mol. The monoisotopic (exact) mass is 512 g/mol. The minimum atomic E-state index is -1.46. The predicted octanol–water partition coefficient (Wildman–Crippen LogP) is 0.375. The Morgan fingerprint density at radius 3 is 1.62 bits per heavy atom. The van der Waals surface area contributed by atoms with Crippen molar-refractivity contribution >= 4 is 23.7 Å². The number of nitrogens with one attached hydrogen (secondary N) is 3. The van der Waals surface area contributed by atoms with Crippen molar-refractivity contribution in [3.8, 4) is 0 Å². The Bertz CT molecular complexity index is 1050. The van der Waals surface area contributed by atoms with E-state index in [1.165, 1.54) is 6.92 Å². The summed E-state index contributed by atoms with van der Waals surface area (Å²) >= 11 is 0. The second kappa shape index (κ2) is 14.1. The first-order chi connectivity index (χ1) is 17.5. The summed E-state index contributed by atoms with van der Waals surface area (Å²) in [7, 11) is 0. The molecule has 2 aromatic rings. The van der Waals surface area contributed by atoms with Crippen LogP contribution in [0.4, 0.5) is 0 Å². The van der Waals surface area contributed by atoms with Gasteiger partial charge in [0.2, 0.25) is 17.7 Å². The highest BCUT2D eigenvalue weighted by Gasteiger charge is 2.33. The summed E-state index contributed by atoms with van der Waals surface area (Å²) in [4.78, 5) is 50.6. The van der Waals surface area contributed by atoms with E-state index in [2.05, 4.69) is 16.0 Å². The number of aliphatic carboxylic acids is 1. The Balaban J connectivity index is 2.19. The van der Waals surface area contributed by atoms with Gasteiger partial charge >= 0.3 is 5.97 Å². The van der Waals surface area contributed by atoms with E-state index < -0.39 is 54.0 Å². The molecule has 0 spiro atoms. The van der Waals surface area contributed by atoms with Gasteiger partial charge in [-0.25, -0.2) is 4.79 Å². The number of aliphatic hydroxyl groups is 1. The number of carboxylic acids is 1. The summed E-state index contributed by atoms with van der Waals surface area (Å²) in [5.74, 6) is -3.55. The maximum atomic E-state index is 13.2. The van der Waals surface area contributed by atoms with E-state index in [1.54, 1.807) is 68.4 Å². The van der Waals surface area contributed by atoms with Gasteiger partial charge < -0.3 is 31.9 Å². The lowest BCUT2D eigenvalue weighted by atomic mass is 10.0. The van der Waals surface area contributed by atoms with Gasteiger partial charge in [-0.05, 0) is 24.0 Å². The Hall–Kier alpha value is -3.76. The molecule has 2 aromatic carbocycles. The number of nitrogens with two attached hydrogens (primary N) is 1. The van der Waals surface area contributed by atoms with Gasteiger partial charge in [0.05, 0.1) is 12.1 Å². The van der Waals surface area contributed by atoms with Crippen molar-refractivity contribution in [2.75, 3.05) is 0 Å². The number of carbonyl (C=O) groups excluding carboxylic acids is 3. The topological polar surface area (TPSA) is 171 Å². The molecule has 0 heterocycles. The van der Waals surface area contributed by atoms with E-state index >= 15 is 0 Å². The first-order valence-corrected chi connectivity index (χ1v) is 12.1. The molecule has 0 saturated carbocycles. The van der Waals surface area contributed by atoms with Gasteiger partial charge in [0, 0.05) is 12.8 Å². The molecule has 3 amide bonds. The molecule has 0 bridgehead atoms. The molecule has 2 rings (SSSR count). The molecule has 0 aliphatic heterocycles. The van der Waals surface area contributed by atoms with Gasteiger partial charge in [-0.1, -0.05) is 74.5 Å². The average molecular weight is 513 g/mol. The van der Waals surface area contributed by atoms with E-state index in [9.17, 15) is 29.4 Å². The standard InChI is InChI=1S/C27H36N4O6/c1-16(2)22(28)25(34)29-20(14-18-10-6-4-7-11-18)24(33)31-23(17(3)32)26(35)30-21(27(36)37)15-19-12-8-5-9-13-19/h4-13,16-17,20-23,32H,14-15,28H2,1-3H3,(H,29,34)(H,30,35)(H,31,33)(H,36,37). The van der Waals surface area contributed by atoms with Crippen LogP contribution in [0.1, 0.15) is 31.9 Å². The van der Waals surface area contributed by atoms with Gasteiger partial charge in [-0.15, -0.1) is 0 Å². The molecule has 10 heteroatoms. The first kappa shape index (κ1) is 29.5. The molecule has 0 aliphatic carbocycles. The summed E-state index contributed by atoms with van der Waals surface area (Å²) in [5.41, 5.74) is 7.39. The number of aliphatic hydroxyl groups excluding tert-OH is 1. The fraction of sp³-hybridized carbons (Fsp3) is 0.407. The summed E-state index contributed by atoms with van der Waals surface area (Å²) in [6.07, 6.45) is -1.22. The average Bonchev–Trinajstić information content (AvgIpc) is 2.86. The number of carbonyl (C=O) groups is 4. The molecule has 5 atom stereocenters. The predicted molar refractivity (Wildman–Crippen MR) is 138 cm³/mol. The van der Waals surface area contributed by atoms with E-state index in [0.29, 0.717) is 5.56 Å². The molecule has 0 saturated heterocycles. The minimum absolute atomic E-state index is 0.0160. The zero-order valence-electron chi connectivity index (χ0n) is 21.3. The summed E-state index contributed by atoms with van der Waals surface area (Å²) in [6.45, 7) is 4.86. The van der Waals surface area contributed by atoms with E-state index in [-0.39, 0.29) is 18.8 Å². The van der Waals surface area contributed by atoms with Crippen LogP contribution in [-0.2, 0) is 32.0 Å². The minimum Gasteiger partial charge on any atom is -0.480 e. The normalized spacial score (nSPS) is 15.1. The molecule has 37 heavy (non-hydrogen) atoms. The summed E-state index contributed by atoms with van der Waals surface area (Å²) < 4.78 is 0.